The summed E-state index contributed by atoms with van der Waals surface area (Å²) >= 11 is 0. The van der Waals surface area contributed by atoms with Gasteiger partial charge in [0.1, 0.15) is 6.61 Å². The van der Waals surface area contributed by atoms with E-state index >= 15 is 0 Å². The maximum absolute atomic E-state index is 13.5. The molecule has 92 valence electrons. The second-order valence-corrected chi connectivity index (χ2v) is 3.69. The number of benzene rings is 1. The molecule has 0 spiro atoms. The van der Waals surface area contributed by atoms with Gasteiger partial charge in [-0.15, -0.1) is 0 Å². The molecular formula is C11H13FN2O3. The Balaban J connectivity index is 1.92. The predicted molar refractivity (Wildman–Crippen MR) is 58.1 cm³/mol. The Labute approximate surface area is 97.7 Å². The van der Waals surface area contributed by atoms with Crippen molar-refractivity contribution >= 4 is 6.09 Å². The fraction of sp³-hybridized carbons (Fsp3) is 0.364. The van der Waals surface area contributed by atoms with Crippen LogP contribution in [0.15, 0.2) is 18.2 Å². The van der Waals surface area contributed by atoms with Crippen LogP contribution >= 0.6 is 0 Å². The number of halogens is 1. The van der Waals surface area contributed by atoms with Gasteiger partial charge in [-0.05, 0) is 17.7 Å². The van der Waals surface area contributed by atoms with E-state index in [1.54, 1.807) is 6.07 Å². The van der Waals surface area contributed by atoms with Crippen molar-refractivity contribution in [3.8, 4) is 5.75 Å². The molecule has 0 radical (unpaired) electrons. The molecule has 1 heterocycles. The van der Waals surface area contributed by atoms with Gasteiger partial charge in [0, 0.05) is 6.54 Å². The molecule has 5 nitrogen and oxygen atoms in total. The maximum Gasteiger partial charge on any atom is 0.407 e. The molecule has 1 amide bonds. The summed E-state index contributed by atoms with van der Waals surface area (Å²) in [6.45, 7) is 0.778. The lowest BCUT2D eigenvalue weighted by atomic mass is 10.2. The van der Waals surface area contributed by atoms with E-state index in [9.17, 15) is 9.18 Å². The summed E-state index contributed by atoms with van der Waals surface area (Å²) in [4.78, 5) is 10.7. The summed E-state index contributed by atoms with van der Waals surface area (Å²) in [5, 5.41) is 2.49. The zero-order valence-electron chi connectivity index (χ0n) is 9.11. The summed E-state index contributed by atoms with van der Waals surface area (Å²) in [6.07, 6.45) is -0.853. The van der Waals surface area contributed by atoms with Gasteiger partial charge in [0.2, 0.25) is 0 Å². The van der Waals surface area contributed by atoms with Gasteiger partial charge in [-0.25, -0.2) is 9.18 Å². The van der Waals surface area contributed by atoms with Crippen LogP contribution in [0.3, 0.4) is 0 Å². The summed E-state index contributed by atoms with van der Waals surface area (Å²) in [5.74, 6) is -0.338. The van der Waals surface area contributed by atoms with Crippen molar-refractivity contribution in [2.45, 2.75) is 12.6 Å². The van der Waals surface area contributed by atoms with E-state index < -0.39 is 11.9 Å². The largest absolute Gasteiger partial charge is 0.487 e. The van der Waals surface area contributed by atoms with Crippen LogP contribution in [-0.2, 0) is 11.3 Å². The van der Waals surface area contributed by atoms with Gasteiger partial charge in [0.05, 0.1) is 6.54 Å². The number of alkyl carbamates (subject to hydrolysis) is 1. The summed E-state index contributed by atoms with van der Waals surface area (Å²) in [5.41, 5.74) is 6.08. The number of nitrogens with two attached hydrogens (primary N) is 1. The zero-order valence-corrected chi connectivity index (χ0v) is 9.11. The number of rotatable bonds is 4. The summed E-state index contributed by atoms with van der Waals surface area (Å²) in [6, 6.07) is 4.54. The van der Waals surface area contributed by atoms with Crippen molar-refractivity contribution < 1.29 is 18.7 Å². The molecule has 1 aromatic rings. The Morgan fingerprint density at radius 3 is 3.00 bits per heavy atom. The molecule has 1 atom stereocenters. The van der Waals surface area contributed by atoms with Crippen molar-refractivity contribution in [2.24, 2.45) is 5.73 Å². The first-order valence-corrected chi connectivity index (χ1v) is 5.25. The molecule has 1 aliphatic heterocycles. The highest BCUT2D eigenvalue weighted by Gasteiger charge is 2.23. The lowest BCUT2D eigenvalue weighted by Crippen LogP contribution is -2.22. The highest BCUT2D eigenvalue weighted by Crippen LogP contribution is 2.18. The molecule has 17 heavy (non-hydrogen) atoms. The number of ether oxygens (including phenoxy) is 2. The third-order valence-corrected chi connectivity index (χ3v) is 2.40. The number of amides is 1. The van der Waals surface area contributed by atoms with Crippen molar-refractivity contribution in [2.75, 3.05) is 13.2 Å². The minimum atomic E-state index is -0.474. The third-order valence-electron chi connectivity index (χ3n) is 2.40. The second kappa shape index (κ2) is 5.01. The summed E-state index contributed by atoms with van der Waals surface area (Å²) < 4.78 is 23.6. The molecule has 2 rings (SSSR count). The Kier molecular flexibility index (Phi) is 3.43. The van der Waals surface area contributed by atoms with Crippen LogP contribution in [0.4, 0.5) is 9.18 Å². The zero-order chi connectivity index (χ0) is 12.3. The van der Waals surface area contributed by atoms with E-state index in [2.05, 4.69) is 5.32 Å². The number of carbonyl (C=O) groups excluding carboxylic acids is 1. The topological polar surface area (TPSA) is 73.6 Å². The lowest BCUT2D eigenvalue weighted by Gasteiger charge is -2.11. The van der Waals surface area contributed by atoms with E-state index in [0.717, 1.165) is 0 Å². The Bertz CT molecular complexity index is 425. The van der Waals surface area contributed by atoms with Crippen LogP contribution < -0.4 is 15.8 Å². The molecular weight excluding hydrogens is 227 g/mol. The molecule has 0 saturated carbocycles. The van der Waals surface area contributed by atoms with E-state index in [4.69, 9.17) is 15.2 Å². The fourth-order valence-electron chi connectivity index (χ4n) is 1.50. The average molecular weight is 240 g/mol. The second-order valence-electron chi connectivity index (χ2n) is 3.69. The van der Waals surface area contributed by atoms with E-state index in [-0.39, 0.29) is 25.0 Å². The molecule has 0 aromatic heterocycles. The Morgan fingerprint density at radius 1 is 1.59 bits per heavy atom. The number of cyclic esters (lactones) is 1. The normalized spacial score (nSPS) is 18.7. The minimum Gasteiger partial charge on any atom is -0.487 e. The van der Waals surface area contributed by atoms with Crippen LogP contribution in [-0.4, -0.2) is 25.3 Å². The average Bonchev–Trinajstić information content (AvgIpc) is 2.73. The summed E-state index contributed by atoms with van der Waals surface area (Å²) in [7, 11) is 0. The van der Waals surface area contributed by atoms with E-state index in [1.807, 2.05) is 0 Å². The standard InChI is InChI=1S/C11H13FN2O3/c12-9-3-7(4-13)1-2-10(9)16-6-8-5-14-11(15)17-8/h1-3,8H,4-6,13H2,(H,14,15). The van der Waals surface area contributed by atoms with Gasteiger partial charge >= 0.3 is 6.09 Å². The van der Waals surface area contributed by atoms with Crippen LogP contribution in [0, 0.1) is 5.82 Å². The Hall–Kier alpha value is -1.82. The molecule has 1 fully saturated rings. The smallest absolute Gasteiger partial charge is 0.407 e. The van der Waals surface area contributed by atoms with Gasteiger partial charge in [-0.2, -0.15) is 0 Å². The van der Waals surface area contributed by atoms with Crippen molar-refractivity contribution in [3.63, 3.8) is 0 Å². The first-order valence-electron chi connectivity index (χ1n) is 5.25. The number of hydrogen-bond acceptors (Lipinski definition) is 4. The van der Waals surface area contributed by atoms with E-state index in [0.29, 0.717) is 12.1 Å². The van der Waals surface area contributed by atoms with Crippen molar-refractivity contribution in [3.05, 3.63) is 29.6 Å². The molecule has 1 aliphatic rings. The molecule has 1 aromatic carbocycles. The highest BCUT2D eigenvalue weighted by atomic mass is 19.1. The first-order chi connectivity index (χ1) is 8.19. The predicted octanol–water partition coefficient (Wildman–Crippen LogP) is 0.772. The Morgan fingerprint density at radius 2 is 2.41 bits per heavy atom. The van der Waals surface area contributed by atoms with Gasteiger partial charge in [-0.3, -0.25) is 0 Å². The fourth-order valence-corrected chi connectivity index (χ4v) is 1.50. The molecule has 0 aliphatic carbocycles. The highest BCUT2D eigenvalue weighted by molar-refractivity contribution is 5.69. The molecule has 1 saturated heterocycles. The van der Waals surface area contributed by atoms with Crippen LogP contribution in [0.2, 0.25) is 0 Å². The number of hydrogen-bond donors (Lipinski definition) is 2. The van der Waals surface area contributed by atoms with Crippen LogP contribution in [0.5, 0.6) is 5.75 Å². The molecule has 0 bridgehead atoms. The van der Waals surface area contributed by atoms with Crippen LogP contribution in [0.25, 0.3) is 0 Å². The van der Waals surface area contributed by atoms with Gasteiger partial charge in [0.15, 0.2) is 17.7 Å². The van der Waals surface area contributed by atoms with Crippen LogP contribution in [0.1, 0.15) is 5.56 Å². The van der Waals surface area contributed by atoms with E-state index in [1.165, 1.54) is 12.1 Å². The molecule has 6 heteroatoms. The van der Waals surface area contributed by atoms with Crippen molar-refractivity contribution in [1.82, 2.24) is 5.32 Å². The maximum atomic E-state index is 13.5. The third kappa shape index (κ3) is 2.85. The SMILES string of the molecule is NCc1ccc(OCC2CNC(=O)O2)c(F)c1. The molecule has 1 unspecified atom stereocenters. The number of nitrogens with one attached hydrogen (secondary N) is 1. The van der Waals surface area contributed by atoms with Gasteiger partial charge < -0.3 is 20.5 Å². The quantitative estimate of drug-likeness (QED) is 0.815. The lowest BCUT2D eigenvalue weighted by molar-refractivity contribution is 0.103. The van der Waals surface area contributed by atoms with Gasteiger partial charge in [0.25, 0.3) is 0 Å². The monoisotopic (exact) mass is 240 g/mol. The first kappa shape index (κ1) is 11.7. The molecule has 3 N–H and O–H groups in total. The number of carbonyl (C=O) groups is 1. The van der Waals surface area contributed by atoms with Gasteiger partial charge in [-0.1, -0.05) is 6.07 Å². The van der Waals surface area contributed by atoms with Crippen molar-refractivity contribution in [1.29, 1.82) is 0 Å². The minimum absolute atomic E-state index is 0.123.